The molecule has 0 radical (unpaired) electrons. The van der Waals surface area contributed by atoms with Gasteiger partial charge in [0.25, 0.3) is 0 Å². The van der Waals surface area contributed by atoms with Crippen LogP contribution in [-0.4, -0.2) is 62.3 Å². The second-order valence-corrected chi connectivity index (χ2v) is 3.36. The summed E-state index contributed by atoms with van der Waals surface area (Å²) >= 11 is 0. The molecule has 1 heterocycles. The van der Waals surface area contributed by atoms with Gasteiger partial charge in [0.15, 0.2) is 6.29 Å². The molecule has 0 bridgehead atoms. The topological polar surface area (TPSA) is 110 Å². The molecule has 0 unspecified atom stereocenters. The molecule has 78 valence electrons. The Hall–Kier alpha value is -0.240. The zero-order chi connectivity index (χ0) is 10.2. The molecule has 0 spiro atoms. The molecule has 5 N–H and O–H groups in total. The number of hydrogen-bond donors (Lipinski definition) is 5. The minimum absolute atomic E-state index is 0.541. The molecule has 0 aromatic heterocycles. The largest absolute Gasteiger partial charge is 0.394 e. The normalized spacial score (nSPS) is 52.2. The van der Waals surface area contributed by atoms with Gasteiger partial charge in [-0.3, -0.25) is 0 Å². The predicted molar refractivity (Wildman–Crippen MR) is 40.6 cm³/mol. The first-order valence-electron chi connectivity index (χ1n) is 3.94. The molecule has 1 aliphatic rings. The van der Waals surface area contributed by atoms with E-state index >= 15 is 0 Å². The van der Waals surface area contributed by atoms with Crippen molar-refractivity contribution in [2.75, 3.05) is 6.61 Å². The Balaban J connectivity index is 2.82. The van der Waals surface area contributed by atoms with Crippen LogP contribution in [0.5, 0.6) is 0 Å². The van der Waals surface area contributed by atoms with Crippen molar-refractivity contribution in [1.29, 1.82) is 0 Å². The van der Waals surface area contributed by atoms with Crippen LogP contribution in [0.15, 0.2) is 0 Å². The number of ether oxygens (including phenoxy) is 1. The Morgan fingerprint density at radius 3 is 2.23 bits per heavy atom. The first-order valence-corrected chi connectivity index (χ1v) is 3.94. The van der Waals surface area contributed by atoms with Crippen molar-refractivity contribution in [3.05, 3.63) is 0 Å². The smallest absolute Gasteiger partial charge is 0.184 e. The van der Waals surface area contributed by atoms with Crippen LogP contribution in [0.2, 0.25) is 0 Å². The molecule has 13 heavy (non-hydrogen) atoms. The van der Waals surface area contributed by atoms with Gasteiger partial charge >= 0.3 is 0 Å². The second kappa shape index (κ2) is 3.49. The molecular formula is C7H14O6. The lowest BCUT2D eigenvalue weighted by atomic mass is 9.86. The minimum atomic E-state index is -1.88. The van der Waals surface area contributed by atoms with Gasteiger partial charge in [0, 0.05) is 0 Å². The van der Waals surface area contributed by atoms with Crippen LogP contribution in [0, 0.1) is 0 Å². The van der Waals surface area contributed by atoms with Gasteiger partial charge in [-0.1, -0.05) is 0 Å². The molecule has 1 saturated heterocycles. The van der Waals surface area contributed by atoms with E-state index in [0.29, 0.717) is 0 Å². The molecule has 1 rings (SSSR count). The summed E-state index contributed by atoms with van der Waals surface area (Å²) in [6, 6.07) is 0. The highest BCUT2D eigenvalue weighted by atomic mass is 16.6. The molecule has 5 atom stereocenters. The van der Waals surface area contributed by atoms with E-state index in [1.165, 1.54) is 0 Å². The fraction of sp³-hybridized carbons (Fsp3) is 1.00. The minimum Gasteiger partial charge on any atom is -0.394 e. The summed E-state index contributed by atoms with van der Waals surface area (Å²) in [5.74, 6) is 0. The van der Waals surface area contributed by atoms with E-state index in [0.717, 1.165) is 6.92 Å². The first kappa shape index (κ1) is 10.8. The Kier molecular flexibility index (Phi) is 2.91. The Labute approximate surface area is 75.0 Å². The van der Waals surface area contributed by atoms with Crippen LogP contribution >= 0.6 is 0 Å². The molecule has 0 amide bonds. The summed E-state index contributed by atoms with van der Waals surface area (Å²) < 4.78 is 4.64. The zero-order valence-corrected chi connectivity index (χ0v) is 7.16. The molecule has 6 heteroatoms. The van der Waals surface area contributed by atoms with Crippen molar-refractivity contribution in [3.8, 4) is 0 Å². The fourth-order valence-corrected chi connectivity index (χ4v) is 1.31. The van der Waals surface area contributed by atoms with E-state index in [-0.39, 0.29) is 0 Å². The lowest BCUT2D eigenvalue weighted by Gasteiger charge is -2.44. The number of rotatable bonds is 1. The number of hydrogen-bond acceptors (Lipinski definition) is 6. The molecule has 1 aliphatic heterocycles. The summed E-state index contributed by atoms with van der Waals surface area (Å²) in [5, 5.41) is 45.9. The average Bonchev–Trinajstić information content (AvgIpc) is 2.09. The van der Waals surface area contributed by atoms with Gasteiger partial charge in [-0.05, 0) is 6.92 Å². The van der Waals surface area contributed by atoms with Crippen molar-refractivity contribution < 1.29 is 30.3 Å². The Morgan fingerprint density at radius 2 is 1.77 bits per heavy atom. The van der Waals surface area contributed by atoms with Gasteiger partial charge in [-0.2, -0.15) is 0 Å². The zero-order valence-electron chi connectivity index (χ0n) is 7.16. The fourth-order valence-electron chi connectivity index (χ4n) is 1.31. The van der Waals surface area contributed by atoms with Crippen molar-refractivity contribution in [1.82, 2.24) is 0 Å². The second-order valence-electron chi connectivity index (χ2n) is 3.36. The van der Waals surface area contributed by atoms with Crippen molar-refractivity contribution in [3.63, 3.8) is 0 Å². The van der Waals surface area contributed by atoms with E-state index in [4.69, 9.17) is 10.2 Å². The Morgan fingerprint density at radius 1 is 1.23 bits per heavy atom. The Bertz CT molecular complexity index is 182. The monoisotopic (exact) mass is 194 g/mol. The highest BCUT2D eigenvalue weighted by molar-refractivity contribution is 4.98. The number of aliphatic hydroxyl groups excluding tert-OH is 4. The van der Waals surface area contributed by atoms with Gasteiger partial charge in [-0.25, -0.2) is 0 Å². The third-order valence-electron chi connectivity index (χ3n) is 2.31. The lowest BCUT2D eigenvalue weighted by molar-refractivity contribution is -0.316. The molecule has 1 fully saturated rings. The first-order chi connectivity index (χ1) is 5.91. The van der Waals surface area contributed by atoms with Crippen LogP contribution in [0.25, 0.3) is 0 Å². The highest BCUT2D eigenvalue weighted by Gasteiger charge is 2.51. The maximum Gasteiger partial charge on any atom is 0.184 e. The maximum absolute atomic E-state index is 9.53. The molecule has 0 aromatic rings. The van der Waals surface area contributed by atoms with Gasteiger partial charge in [0.2, 0.25) is 0 Å². The number of aliphatic hydroxyl groups is 5. The highest BCUT2D eigenvalue weighted by Crippen LogP contribution is 2.28. The summed E-state index contributed by atoms with van der Waals surface area (Å²) in [5.41, 5.74) is -1.88. The van der Waals surface area contributed by atoms with E-state index in [1.54, 1.807) is 0 Å². The van der Waals surface area contributed by atoms with Crippen LogP contribution in [-0.2, 0) is 4.74 Å². The van der Waals surface area contributed by atoms with E-state index in [2.05, 4.69) is 4.74 Å². The maximum atomic E-state index is 9.53. The van der Waals surface area contributed by atoms with E-state index < -0.39 is 36.8 Å². The predicted octanol–water partition coefficient (Wildman–Crippen LogP) is -2.83. The van der Waals surface area contributed by atoms with Gasteiger partial charge < -0.3 is 30.3 Å². The molecular weight excluding hydrogens is 180 g/mol. The van der Waals surface area contributed by atoms with Gasteiger partial charge in [0.1, 0.15) is 23.9 Å². The average molecular weight is 194 g/mol. The summed E-state index contributed by atoms with van der Waals surface area (Å²) in [4.78, 5) is 0. The third kappa shape index (κ3) is 1.69. The molecule has 0 aliphatic carbocycles. The van der Waals surface area contributed by atoms with Crippen LogP contribution in [0.3, 0.4) is 0 Å². The van der Waals surface area contributed by atoms with Crippen LogP contribution < -0.4 is 0 Å². The van der Waals surface area contributed by atoms with Crippen molar-refractivity contribution in [2.24, 2.45) is 0 Å². The van der Waals surface area contributed by atoms with Crippen molar-refractivity contribution in [2.45, 2.75) is 37.1 Å². The summed E-state index contributed by atoms with van der Waals surface area (Å²) in [7, 11) is 0. The summed E-state index contributed by atoms with van der Waals surface area (Å²) in [6.45, 7) is 0.623. The molecule has 0 saturated carbocycles. The van der Waals surface area contributed by atoms with Crippen molar-refractivity contribution >= 4 is 0 Å². The third-order valence-corrected chi connectivity index (χ3v) is 2.31. The van der Waals surface area contributed by atoms with E-state index in [9.17, 15) is 15.3 Å². The quantitative estimate of drug-likeness (QED) is 0.308. The molecule has 0 aromatic carbocycles. The molecule has 6 nitrogen and oxygen atoms in total. The van der Waals surface area contributed by atoms with Crippen LogP contribution in [0.1, 0.15) is 6.92 Å². The lowest BCUT2D eigenvalue weighted by Crippen LogP contribution is -2.65. The summed E-state index contributed by atoms with van der Waals surface area (Å²) in [6.07, 6.45) is -5.72. The standard InChI is InChI=1S/C7H14O6/c1-7(12)4(9)3(2-8)13-6(11)5(7)10/h3-6,8-12H,2H2,1H3/t3-,4-,5+,6+,7+/m1/s1. The van der Waals surface area contributed by atoms with Gasteiger partial charge in [-0.15, -0.1) is 0 Å². The SMILES string of the molecule is C[C@]1(O)[C@H](O)[C@@H](CO)O[C@H](O)[C@@H]1O. The van der Waals surface area contributed by atoms with Gasteiger partial charge in [0.05, 0.1) is 6.61 Å². The van der Waals surface area contributed by atoms with E-state index in [1.807, 2.05) is 0 Å². The van der Waals surface area contributed by atoms with Crippen LogP contribution in [0.4, 0.5) is 0 Å².